The third-order valence-electron chi connectivity index (χ3n) is 4.68. The first kappa shape index (κ1) is 17.0. The summed E-state index contributed by atoms with van der Waals surface area (Å²) in [7, 11) is 2.10. The molecule has 1 aromatic rings. The van der Waals surface area contributed by atoms with Crippen molar-refractivity contribution in [3.63, 3.8) is 0 Å². The Labute approximate surface area is 134 Å². The summed E-state index contributed by atoms with van der Waals surface area (Å²) in [6.45, 7) is 3.73. The minimum atomic E-state index is 0.107. The Morgan fingerprint density at radius 2 is 2.09 bits per heavy atom. The van der Waals surface area contributed by atoms with Crippen LogP contribution in [0.2, 0.25) is 0 Å². The van der Waals surface area contributed by atoms with E-state index in [-0.39, 0.29) is 17.9 Å². The fraction of sp³-hybridized carbons (Fsp3) is 0.611. The molecule has 1 saturated carbocycles. The van der Waals surface area contributed by atoms with Crippen molar-refractivity contribution < 1.29 is 4.79 Å². The largest absolute Gasteiger partial charge is 0.354 e. The first-order valence-electron chi connectivity index (χ1n) is 8.33. The lowest BCUT2D eigenvalue weighted by atomic mass is 9.85. The highest BCUT2D eigenvalue weighted by Gasteiger charge is 2.25. The van der Waals surface area contributed by atoms with Crippen LogP contribution in [0.1, 0.15) is 38.2 Å². The molecule has 1 fully saturated rings. The molecule has 1 amide bonds. The van der Waals surface area contributed by atoms with Crippen LogP contribution in [-0.2, 0) is 11.3 Å². The van der Waals surface area contributed by atoms with E-state index in [9.17, 15) is 4.79 Å². The summed E-state index contributed by atoms with van der Waals surface area (Å²) in [5.74, 6) is 0.283. The molecule has 4 heteroatoms. The van der Waals surface area contributed by atoms with E-state index in [1.165, 1.54) is 5.56 Å². The van der Waals surface area contributed by atoms with Gasteiger partial charge in [0.05, 0.1) is 0 Å². The van der Waals surface area contributed by atoms with Crippen molar-refractivity contribution in [2.45, 2.75) is 51.2 Å². The van der Waals surface area contributed by atoms with Gasteiger partial charge in [0.1, 0.15) is 0 Å². The predicted octanol–water partition coefficient (Wildman–Crippen LogP) is 2.14. The molecule has 1 aromatic carbocycles. The Bertz CT molecular complexity index is 463. The van der Waals surface area contributed by atoms with Crippen LogP contribution in [0.5, 0.6) is 0 Å². The topological polar surface area (TPSA) is 58.4 Å². The number of nitrogens with two attached hydrogens (primary N) is 1. The molecular weight excluding hydrogens is 274 g/mol. The molecule has 3 unspecified atom stereocenters. The highest BCUT2D eigenvalue weighted by molar-refractivity contribution is 5.78. The smallest absolute Gasteiger partial charge is 0.223 e. The molecule has 122 valence electrons. The molecule has 0 heterocycles. The molecule has 22 heavy (non-hydrogen) atoms. The summed E-state index contributed by atoms with van der Waals surface area (Å²) in [5.41, 5.74) is 7.26. The predicted molar refractivity (Wildman–Crippen MR) is 90.3 cm³/mol. The third-order valence-corrected chi connectivity index (χ3v) is 4.68. The zero-order chi connectivity index (χ0) is 15.9. The molecular formula is C18H29N3O. The van der Waals surface area contributed by atoms with E-state index in [1.807, 2.05) is 6.07 Å². The van der Waals surface area contributed by atoms with E-state index in [1.54, 1.807) is 0 Å². The lowest BCUT2D eigenvalue weighted by molar-refractivity contribution is -0.126. The lowest BCUT2D eigenvalue weighted by Gasteiger charge is -2.28. The Kier molecular flexibility index (Phi) is 6.40. The number of nitrogens with one attached hydrogen (secondary N) is 1. The van der Waals surface area contributed by atoms with Crippen molar-refractivity contribution in [2.24, 2.45) is 11.7 Å². The summed E-state index contributed by atoms with van der Waals surface area (Å²) >= 11 is 0. The van der Waals surface area contributed by atoms with Crippen LogP contribution < -0.4 is 11.1 Å². The van der Waals surface area contributed by atoms with Crippen molar-refractivity contribution in [1.29, 1.82) is 0 Å². The van der Waals surface area contributed by atoms with Crippen LogP contribution in [0.15, 0.2) is 30.3 Å². The van der Waals surface area contributed by atoms with Gasteiger partial charge in [-0.15, -0.1) is 0 Å². The van der Waals surface area contributed by atoms with Gasteiger partial charge in [0.15, 0.2) is 0 Å². The number of likely N-dealkylation sites (N-methyl/N-ethyl adjacent to an activating group) is 1. The van der Waals surface area contributed by atoms with Crippen molar-refractivity contribution in [3.8, 4) is 0 Å². The third kappa shape index (κ3) is 5.11. The lowest BCUT2D eigenvalue weighted by Crippen LogP contribution is -2.43. The van der Waals surface area contributed by atoms with E-state index in [0.717, 1.165) is 32.2 Å². The number of nitrogens with zero attached hydrogens (tertiary/aromatic N) is 1. The van der Waals surface area contributed by atoms with Crippen LogP contribution >= 0.6 is 0 Å². The first-order chi connectivity index (χ1) is 10.6. The molecule has 0 aliphatic heterocycles. The Hall–Kier alpha value is -1.39. The summed E-state index contributed by atoms with van der Waals surface area (Å²) in [6.07, 6.45) is 3.94. The number of benzene rings is 1. The van der Waals surface area contributed by atoms with E-state index in [4.69, 9.17) is 5.73 Å². The number of carbonyl (C=O) groups excluding carboxylic acids is 1. The van der Waals surface area contributed by atoms with Crippen LogP contribution in [0.3, 0.4) is 0 Å². The first-order valence-corrected chi connectivity index (χ1v) is 8.33. The van der Waals surface area contributed by atoms with Crippen LogP contribution in [0, 0.1) is 5.92 Å². The molecule has 0 saturated heterocycles. The second-order valence-electron chi connectivity index (χ2n) is 6.62. The minimum Gasteiger partial charge on any atom is -0.354 e. The van der Waals surface area contributed by atoms with Crippen molar-refractivity contribution in [1.82, 2.24) is 10.2 Å². The summed E-state index contributed by atoms with van der Waals surface area (Å²) < 4.78 is 0. The molecule has 3 atom stereocenters. The maximum absolute atomic E-state index is 12.2. The fourth-order valence-electron chi connectivity index (χ4n) is 3.04. The molecule has 2 rings (SSSR count). The van der Waals surface area contributed by atoms with Gasteiger partial charge in [-0.05, 0) is 38.8 Å². The van der Waals surface area contributed by atoms with Gasteiger partial charge >= 0.3 is 0 Å². The van der Waals surface area contributed by atoms with Crippen LogP contribution in [0.25, 0.3) is 0 Å². The van der Waals surface area contributed by atoms with E-state index < -0.39 is 0 Å². The average molecular weight is 303 g/mol. The van der Waals surface area contributed by atoms with Gasteiger partial charge in [-0.1, -0.05) is 36.8 Å². The van der Waals surface area contributed by atoms with Crippen LogP contribution in [-0.4, -0.2) is 36.5 Å². The van der Waals surface area contributed by atoms with E-state index in [0.29, 0.717) is 12.6 Å². The second kappa shape index (κ2) is 8.30. The Morgan fingerprint density at radius 1 is 1.36 bits per heavy atom. The number of amides is 1. The minimum absolute atomic E-state index is 0.107. The zero-order valence-electron chi connectivity index (χ0n) is 13.8. The number of carbonyl (C=O) groups is 1. The molecule has 0 aromatic heterocycles. The van der Waals surface area contributed by atoms with E-state index >= 15 is 0 Å². The van der Waals surface area contributed by atoms with Gasteiger partial charge < -0.3 is 11.1 Å². The van der Waals surface area contributed by atoms with Gasteiger partial charge in [0.2, 0.25) is 5.91 Å². The van der Waals surface area contributed by atoms with Gasteiger partial charge in [-0.2, -0.15) is 0 Å². The Morgan fingerprint density at radius 3 is 2.77 bits per heavy atom. The van der Waals surface area contributed by atoms with Crippen molar-refractivity contribution in [2.75, 3.05) is 13.6 Å². The summed E-state index contributed by atoms with van der Waals surface area (Å²) in [5, 5.41) is 3.10. The Balaban J connectivity index is 1.74. The molecule has 0 spiro atoms. The zero-order valence-corrected chi connectivity index (χ0v) is 13.8. The van der Waals surface area contributed by atoms with Crippen molar-refractivity contribution in [3.05, 3.63) is 35.9 Å². The van der Waals surface area contributed by atoms with Crippen molar-refractivity contribution >= 4 is 5.91 Å². The molecule has 1 aliphatic carbocycles. The average Bonchev–Trinajstić information content (AvgIpc) is 2.53. The van der Waals surface area contributed by atoms with Gasteiger partial charge in [0.25, 0.3) is 0 Å². The maximum atomic E-state index is 12.2. The molecule has 0 radical (unpaired) electrons. The number of rotatable bonds is 6. The molecule has 0 bridgehead atoms. The number of hydrogen-bond donors (Lipinski definition) is 2. The highest BCUT2D eigenvalue weighted by Crippen LogP contribution is 2.23. The quantitative estimate of drug-likeness (QED) is 0.846. The standard InChI is InChI=1S/C18H29N3O/c1-14(21(2)13-15-7-4-3-5-8-15)12-20-18(22)16-9-6-10-17(19)11-16/h3-5,7-8,14,16-17H,6,9-13,19H2,1-2H3,(H,20,22). The maximum Gasteiger partial charge on any atom is 0.223 e. The van der Waals surface area contributed by atoms with Gasteiger partial charge in [0, 0.05) is 31.1 Å². The monoisotopic (exact) mass is 303 g/mol. The van der Waals surface area contributed by atoms with Gasteiger partial charge in [-0.25, -0.2) is 0 Å². The molecule has 4 nitrogen and oxygen atoms in total. The van der Waals surface area contributed by atoms with Crippen LogP contribution in [0.4, 0.5) is 0 Å². The fourth-order valence-corrected chi connectivity index (χ4v) is 3.04. The normalized spacial score (nSPS) is 23.3. The summed E-state index contributed by atoms with van der Waals surface area (Å²) in [4.78, 5) is 14.5. The molecule has 3 N–H and O–H groups in total. The SMILES string of the molecule is CC(CNC(=O)C1CCCC(N)C1)N(C)Cc1ccccc1. The van der Waals surface area contributed by atoms with Gasteiger partial charge in [-0.3, -0.25) is 9.69 Å². The number of hydrogen-bond acceptors (Lipinski definition) is 3. The highest BCUT2D eigenvalue weighted by atomic mass is 16.1. The second-order valence-corrected chi connectivity index (χ2v) is 6.62. The van der Waals surface area contributed by atoms with E-state index in [2.05, 4.69) is 48.5 Å². The summed E-state index contributed by atoms with van der Waals surface area (Å²) in [6, 6.07) is 10.9. The molecule has 1 aliphatic rings.